The van der Waals surface area contributed by atoms with Crippen molar-refractivity contribution in [2.75, 3.05) is 6.54 Å². The van der Waals surface area contributed by atoms with E-state index in [0.717, 1.165) is 19.4 Å². The van der Waals surface area contributed by atoms with Crippen molar-refractivity contribution in [2.45, 2.75) is 71.1 Å². The van der Waals surface area contributed by atoms with Crippen LogP contribution in [0.3, 0.4) is 0 Å². The van der Waals surface area contributed by atoms with E-state index in [2.05, 4.69) is 31.0 Å². The van der Waals surface area contributed by atoms with Crippen LogP contribution in [0.2, 0.25) is 0 Å². The summed E-state index contributed by atoms with van der Waals surface area (Å²) in [4.78, 5) is 0. The van der Waals surface area contributed by atoms with Crippen LogP contribution in [0.15, 0.2) is 0 Å². The third-order valence-electron chi connectivity index (χ3n) is 3.13. The Bertz CT molecular complexity index is 241. The second kappa shape index (κ2) is 7.70. The normalized spacial score (nSPS) is 26.2. The van der Waals surface area contributed by atoms with Gasteiger partial charge in [0, 0.05) is 12.5 Å². The van der Waals surface area contributed by atoms with Crippen LogP contribution in [0, 0.1) is 11.8 Å². The zero-order valence-electron chi connectivity index (χ0n) is 10.9. The molecule has 0 aromatic rings. The lowest BCUT2D eigenvalue weighted by Gasteiger charge is -2.24. The highest BCUT2D eigenvalue weighted by Crippen LogP contribution is 2.23. The molecule has 16 heavy (non-hydrogen) atoms. The largest absolute Gasteiger partial charge is 0.374 e. The molecule has 0 amide bonds. The SMILES string of the molecule is CC#CCCC(NCCC)C1CCC(C)O1. The fourth-order valence-electron chi connectivity index (χ4n) is 2.23. The first-order valence-corrected chi connectivity index (χ1v) is 6.56. The van der Waals surface area contributed by atoms with Gasteiger partial charge in [0.15, 0.2) is 0 Å². The molecule has 1 saturated heterocycles. The number of nitrogens with one attached hydrogen (secondary N) is 1. The fourth-order valence-corrected chi connectivity index (χ4v) is 2.23. The van der Waals surface area contributed by atoms with Crippen molar-refractivity contribution in [3.05, 3.63) is 0 Å². The van der Waals surface area contributed by atoms with Gasteiger partial charge >= 0.3 is 0 Å². The molecule has 92 valence electrons. The molecule has 2 heteroatoms. The Morgan fingerprint density at radius 3 is 2.81 bits per heavy atom. The van der Waals surface area contributed by atoms with Crippen LogP contribution < -0.4 is 5.32 Å². The highest BCUT2D eigenvalue weighted by molar-refractivity contribution is 4.96. The first kappa shape index (κ1) is 13.5. The predicted octanol–water partition coefficient (Wildman–Crippen LogP) is 2.73. The quantitative estimate of drug-likeness (QED) is 0.699. The van der Waals surface area contributed by atoms with E-state index in [4.69, 9.17) is 4.74 Å². The lowest BCUT2D eigenvalue weighted by molar-refractivity contribution is 0.0304. The molecule has 0 bridgehead atoms. The van der Waals surface area contributed by atoms with E-state index in [1.165, 1.54) is 19.3 Å². The number of hydrogen-bond donors (Lipinski definition) is 1. The number of rotatable bonds is 6. The molecule has 0 spiro atoms. The van der Waals surface area contributed by atoms with Gasteiger partial charge < -0.3 is 10.1 Å². The average Bonchev–Trinajstić information content (AvgIpc) is 2.70. The van der Waals surface area contributed by atoms with E-state index in [9.17, 15) is 0 Å². The predicted molar refractivity (Wildman–Crippen MR) is 68.3 cm³/mol. The summed E-state index contributed by atoms with van der Waals surface area (Å²) in [5, 5.41) is 3.60. The van der Waals surface area contributed by atoms with Gasteiger partial charge in [-0.3, -0.25) is 0 Å². The smallest absolute Gasteiger partial charge is 0.0732 e. The molecule has 0 aliphatic carbocycles. The van der Waals surface area contributed by atoms with Gasteiger partial charge in [0.1, 0.15) is 0 Å². The summed E-state index contributed by atoms with van der Waals surface area (Å²) in [7, 11) is 0. The van der Waals surface area contributed by atoms with Crippen molar-refractivity contribution in [3.8, 4) is 11.8 Å². The molecule has 3 atom stereocenters. The van der Waals surface area contributed by atoms with Crippen molar-refractivity contribution in [1.82, 2.24) is 5.32 Å². The van der Waals surface area contributed by atoms with Crippen molar-refractivity contribution < 1.29 is 4.74 Å². The van der Waals surface area contributed by atoms with Crippen LogP contribution in [-0.2, 0) is 4.74 Å². The Kier molecular flexibility index (Phi) is 6.52. The van der Waals surface area contributed by atoms with E-state index >= 15 is 0 Å². The standard InChI is InChI=1S/C14H25NO/c1-4-6-7-8-13(15-11-5-2)14-10-9-12(3)16-14/h12-15H,5,7-11H2,1-3H3. The molecule has 1 aliphatic rings. The van der Waals surface area contributed by atoms with E-state index in [1.807, 2.05) is 6.92 Å². The van der Waals surface area contributed by atoms with Crippen molar-refractivity contribution in [3.63, 3.8) is 0 Å². The maximum absolute atomic E-state index is 5.94. The lowest BCUT2D eigenvalue weighted by atomic mass is 10.0. The summed E-state index contributed by atoms with van der Waals surface area (Å²) in [6, 6.07) is 0.491. The number of hydrogen-bond acceptors (Lipinski definition) is 2. The zero-order chi connectivity index (χ0) is 11.8. The minimum absolute atomic E-state index is 0.403. The second-order valence-electron chi connectivity index (χ2n) is 4.59. The Morgan fingerprint density at radius 2 is 2.25 bits per heavy atom. The van der Waals surface area contributed by atoms with E-state index in [0.29, 0.717) is 18.2 Å². The molecule has 1 aliphatic heterocycles. The minimum Gasteiger partial charge on any atom is -0.374 e. The highest BCUT2D eigenvalue weighted by atomic mass is 16.5. The summed E-state index contributed by atoms with van der Waals surface area (Å²) >= 11 is 0. The summed E-state index contributed by atoms with van der Waals surface area (Å²) in [6.07, 6.45) is 6.51. The molecular formula is C14H25NO. The minimum atomic E-state index is 0.403. The van der Waals surface area contributed by atoms with Gasteiger partial charge in [0.05, 0.1) is 12.2 Å². The van der Waals surface area contributed by atoms with E-state index < -0.39 is 0 Å². The Balaban J connectivity index is 2.38. The van der Waals surface area contributed by atoms with Crippen LogP contribution >= 0.6 is 0 Å². The van der Waals surface area contributed by atoms with Gasteiger partial charge in [0.25, 0.3) is 0 Å². The summed E-state index contributed by atoms with van der Waals surface area (Å²) in [6.45, 7) is 7.36. The Hall–Kier alpha value is -0.520. The Morgan fingerprint density at radius 1 is 1.44 bits per heavy atom. The van der Waals surface area contributed by atoms with Crippen molar-refractivity contribution in [2.24, 2.45) is 0 Å². The molecule has 0 aromatic heterocycles. The van der Waals surface area contributed by atoms with Gasteiger partial charge in [-0.25, -0.2) is 0 Å². The molecule has 0 aromatic carbocycles. The third kappa shape index (κ3) is 4.55. The second-order valence-corrected chi connectivity index (χ2v) is 4.59. The Labute approximate surface area is 100 Å². The first-order valence-electron chi connectivity index (χ1n) is 6.56. The van der Waals surface area contributed by atoms with Gasteiger partial charge in [-0.15, -0.1) is 11.8 Å². The molecular weight excluding hydrogens is 198 g/mol. The third-order valence-corrected chi connectivity index (χ3v) is 3.13. The van der Waals surface area contributed by atoms with Gasteiger partial charge in [-0.05, 0) is 46.1 Å². The molecule has 1 fully saturated rings. The molecule has 1 heterocycles. The molecule has 1 N–H and O–H groups in total. The molecule has 1 rings (SSSR count). The monoisotopic (exact) mass is 223 g/mol. The average molecular weight is 223 g/mol. The summed E-state index contributed by atoms with van der Waals surface area (Å²) < 4.78 is 5.94. The first-order chi connectivity index (χ1) is 7.77. The van der Waals surface area contributed by atoms with Crippen molar-refractivity contribution in [1.29, 1.82) is 0 Å². The van der Waals surface area contributed by atoms with E-state index in [1.54, 1.807) is 0 Å². The summed E-state index contributed by atoms with van der Waals surface area (Å²) in [5.74, 6) is 6.10. The van der Waals surface area contributed by atoms with Crippen LogP contribution in [0.5, 0.6) is 0 Å². The van der Waals surface area contributed by atoms with E-state index in [-0.39, 0.29) is 0 Å². The zero-order valence-corrected chi connectivity index (χ0v) is 10.9. The van der Waals surface area contributed by atoms with Crippen molar-refractivity contribution >= 4 is 0 Å². The van der Waals surface area contributed by atoms with Gasteiger partial charge in [-0.1, -0.05) is 6.92 Å². The lowest BCUT2D eigenvalue weighted by Crippen LogP contribution is -2.40. The molecule has 0 saturated carbocycles. The topological polar surface area (TPSA) is 21.3 Å². The number of ether oxygens (including phenoxy) is 1. The van der Waals surface area contributed by atoms with Crippen LogP contribution in [0.25, 0.3) is 0 Å². The molecule has 0 radical (unpaired) electrons. The molecule has 2 nitrogen and oxygen atoms in total. The van der Waals surface area contributed by atoms with Crippen LogP contribution in [0.1, 0.15) is 52.9 Å². The van der Waals surface area contributed by atoms with Crippen LogP contribution in [0.4, 0.5) is 0 Å². The van der Waals surface area contributed by atoms with Gasteiger partial charge in [-0.2, -0.15) is 0 Å². The highest BCUT2D eigenvalue weighted by Gasteiger charge is 2.28. The molecule has 3 unspecified atom stereocenters. The van der Waals surface area contributed by atoms with Crippen LogP contribution in [-0.4, -0.2) is 24.8 Å². The fraction of sp³-hybridized carbons (Fsp3) is 0.857. The maximum atomic E-state index is 5.94. The van der Waals surface area contributed by atoms with Gasteiger partial charge in [0.2, 0.25) is 0 Å². The maximum Gasteiger partial charge on any atom is 0.0732 e. The summed E-state index contributed by atoms with van der Waals surface area (Å²) in [5.41, 5.74) is 0.